The van der Waals surface area contributed by atoms with Gasteiger partial charge in [0, 0.05) is 4.88 Å². The number of aliphatic hydroxyl groups is 1. The fourth-order valence-electron chi connectivity index (χ4n) is 1.75. The number of thiophene rings is 1. The van der Waals surface area contributed by atoms with Gasteiger partial charge in [0.2, 0.25) is 0 Å². The third-order valence-corrected chi connectivity index (χ3v) is 3.60. The van der Waals surface area contributed by atoms with Crippen LogP contribution in [0.1, 0.15) is 62.0 Å². The van der Waals surface area contributed by atoms with E-state index in [2.05, 4.69) is 25.3 Å². The molecule has 1 atom stereocenters. The van der Waals surface area contributed by atoms with Crippen LogP contribution in [-0.4, -0.2) is 5.11 Å². The Bertz CT molecular complexity index is 267. The molecular formula is C13H22OS. The predicted molar refractivity (Wildman–Crippen MR) is 67.4 cm³/mol. The summed E-state index contributed by atoms with van der Waals surface area (Å²) in [5.41, 5.74) is 1.10. The monoisotopic (exact) mass is 226 g/mol. The van der Waals surface area contributed by atoms with Crippen molar-refractivity contribution in [2.24, 2.45) is 0 Å². The molecule has 0 spiro atoms. The normalized spacial score (nSPS) is 13.0. The SMILES string of the molecule is CCCCCCCC(O)c1csc(C)c1. The Morgan fingerprint density at radius 2 is 2.00 bits per heavy atom. The first-order chi connectivity index (χ1) is 7.24. The van der Waals surface area contributed by atoms with Crippen LogP contribution in [0.2, 0.25) is 0 Å². The molecule has 1 N–H and O–H groups in total. The molecule has 1 heterocycles. The van der Waals surface area contributed by atoms with Crippen molar-refractivity contribution >= 4 is 11.3 Å². The highest BCUT2D eigenvalue weighted by Gasteiger charge is 2.08. The van der Waals surface area contributed by atoms with Gasteiger partial charge in [-0.25, -0.2) is 0 Å². The molecule has 1 aromatic heterocycles. The number of rotatable bonds is 7. The summed E-state index contributed by atoms with van der Waals surface area (Å²) in [6.07, 6.45) is 7.01. The van der Waals surface area contributed by atoms with Crippen molar-refractivity contribution in [1.82, 2.24) is 0 Å². The second-order valence-corrected chi connectivity index (χ2v) is 5.32. The van der Waals surface area contributed by atoms with Gasteiger partial charge in [-0.1, -0.05) is 39.0 Å². The first kappa shape index (κ1) is 12.7. The summed E-state index contributed by atoms with van der Waals surface area (Å²) in [6, 6.07) is 2.10. The van der Waals surface area contributed by atoms with Crippen molar-refractivity contribution < 1.29 is 5.11 Å². The van der Waals surface area contributed by atoms with Crippen LogP contribution in [0.5, 0.6) is 0 Å². The first-order valence-corrected chi connectivity index (χ1v) is 6.85. The van der Waals surface area contributed by atoms with Crippen molar-refractivity contribution in [3.05, 3.63) is 21.9 Å². The first-order valence-electron chi connectivity index (χ1n) is 5.97. The third-order valence-electron chi connectivity index (χ3n) is 2.72. The van der Waals surface area contributed by atoms with Crippen LogP contribution in [-0.2, 0) is 0 Å². The summed E-state index contributed by atoms with van der Waals surface area (Å²) in [6.45, 7) is 4.31. The molecule has 0 aliphatic rings. The van der Waals surface area contributed by atoms with Crippen LogP contribution >= 0.6 is 11.3 Å². The fraction of sp³-hybridized carbons (Fsp3) is 0.692. The Hall–Kier alpha value is -0.340. The molecule has 2 heteroatoms. The van der Waals surface area contributed by atoms with Gasteiger partial charge in [-0.05, 0) is 30.4 Å². The third kappa shape index (κ3) is 4.80. The smallest absolute Gasteiger partial charge is 0.0798 e. The number of hydrogen-bond acceptors (Lipinski definition) is 2. The van der Waals surface area contributed by atoms with E-state index in [1.54, 1.807) is 11.3 Å². The molecule has 0 aliphatic carbocycles. The molecular weight excluding hydrogens is 204 g/mol. The standard InChI is InChI=1S/C13H22OS/c1-3-4-5-6-7-8-13(14)12-9-11(2)15-10-12/h9-10,13-14H,3-8H2,1-2H3. The summed E-state index contributed by atoms with van der Waals surface area (Å²) < 4.78 is 0. The number of aryl methyl sites for hydroxylation is 1. The minimum Gasteiger partial charge on any atom is -0.388 e. The summed E-state index contributed by atoms with van der Waals surface area (Å²) in [5.74, 6) is 0. The lowest BCUT2D eigenvalue weighted by Gasteiger charge is -2.08. The van der Waals surface area contributed by atoms with Gasteiger partial charge in [0.1, 0.15) is 0 Å². The Balaban J connectivity index is 2.16. The highest BCUT2D eigenvalue weighted by Crippen LogP contribution is 2.24. The van der Waals surface area contributed by atoms with Crippen molar-refractivity contribution in [3.8, 4) is 0 Å². The van der Waals surface area contributed by atoms with Crippen LogP contribution in [0.15, 0.2) is 11.4 Å². The summed E-state index contributed by atoms with van der Waals surface area (Å²) in [4.78, 5) is 1.29. The Kier molecular flexibility index (Phi) is 5.96. The van der Waals surface area contributed by atoms with E-state index >= 15 is 0 Å². The maximum atomic E-state index is 9.90. The average Bonchev–Trinajstić information content (AvgIpc) is 2.64. The molecule has 0 saturated heterocycles. The Morgan fingerprint density at radius 1 is 1.27 bits per heavy atom. The molecule has 1 rings (SSSR count). The van der Waals surface area contributed by atoms with E-state index in [9.17, 15) is 5.11 Å². The Labute approximate surface area is 97.2 Å². The van der Waals surface area contributed by atoms with E-state index < -0.39 is 0 Å². The minimum absolute atomic E-state index is 0.239. The highest BCUT2D eigenvalue weighted by atomic mass is 32.1. The van der Waals surface area contributed by atoms with Gasteiger partial charge in [-0.2, -0.15) is 0 Å². The van der Waals surface area contributed by atoms with Crippen molar-refractivity contribution in [1.29, 1.82) is 0 Å². The maximum absolute atomic E-state index is 9.90. The van der Waals surface area contributed by atoms with Crippen molar-refractivity contribution in [3.63, 3.8) is 0 Å². The molecule has 0 aliphatic heterocycles. The number of unbranched alkanes of at least 4 members (excludes halogenated alkanes) is 4. The van der Waals surface area contributed by atoms with Crippen LogP contribution in [0, 0.1) is 6.92 Å². The quantitative estimate of drug-likeness (QED) is 0.681. The van der Waals surface area contributed by atoms with Gasteiger partial charge in [0.25, 0.3) is 0 Å². The van der Waals surface area contributed by atoms with Gasteiger partial charge in [-0.3, -0.25) is 0 Å². The lowest BCUT2D eigenvalue weighted by atomic mass is 10.0. The van der Waals surface area contributed by atoms with Crippen molar-refractivity contribution in [2.75, 3.05) is 0 Å². The molecule has 1 nitrogen and oxygen atoms in total. The Morgan fingerprint density at radius 3 is 2.60 bits per heavy atom. The van der Waals surface area contributed by atoms with E-state index in [0.717, 1.165) is 18.4 Å². The van der Waals surface area contributed by atoms with E-state index in [4.69, 9.17) is 0 Å². The topological polar surface area (TPSA) is 20.2 Å². The molecule has 0 aromatic carbocycles. The van der Waals surface area contributed by atoms with Gasteiger partial charge in [0.15, 0.2) is 0 Å². The van der Waals surface area contributed by atoms with Crippen LogP contribution in [0.25, 0.3) is 0 Å². The van der Waals surface area contributed by atoms with Gasteiger partial charge in [0.05, 0.1) is 6.10 Å². The summed E-state index contributed by atoms with van der Waals surface area (Å²) in [5, 5.41) is 12.0. The van der Waals surface area contributed by atoms with E-state index in [1.807, 2.05) is 0 Å². The van der Waals surface area contributed by atoms with E-state index in [1.165, 1.54) is 30.6 Å². The zero-order valence-corrected chi connectivity index (χ0v) is 10.6. The molecule has 15 heavy (non-hydrogen) atoms. The molecule has 0 bridgehead atoms. The molecule has 1 unspecified atom stereocenters. The molecule has 0 fully saturated rings. The van der Waals surface area contributed by atoms with Crippen molar-refractivity contribution in [2.45, 2.75) is 58.5 Å². The predicted octanol–water partition coefficient (Wildman–Crippen LogP) is 4.45. The molecule has 1 aromatic rings. The zero-order chi connectivity index (χ0) is 11.1. The molecule has 0 radical (unpaired) electrons. The highest BCUT2D eigenvalue weighted by molar-refractivity contribution is 7.10. The summed E-state index contributed by atoms with van der Waals surface area (Å²) >= 11 is 1.72. The van der Waals surface area contributed by atoms with E-state index in [-0.39, 0.29) is 6.10 Å². The molecule has 86 valence electrons. The largest absolute Gasteiger partial charge is 0.388 e. The minimum atomic E-state index is -0.239. The van der Waals surface area contributed by atoms with Gasteiger partial charge >= 0.3 is 0 Å². The number of aliphatic hydroxyl groups excluding tert-OH is 1. The average molecular weight is 226 g/mol. The van der Waals surface area contributed by atoms with E-state index in [0.29, 0.717) is 0 Å². The second kappa shape index (κ2) is 7.02. The van der Waals surface area contributed by atoms with Gasteiger partial charge < -0.3 is 5.11 Å². The van der Waals surface area contributed by atoms with Crippen LogP contribution < -0.4 is 0 Å². The van der Waals surface area contributed by atoms with Crippen LogP contribution in [0.3, 0.4) is 0 Å². The molecule has 0 amide bonds. The molecule has 0 saturated carbocycles. The lowest BCUT2D eigenvalue weighted by Crippen LogP contribution is -1.95. The number of hydrogen-bond donors (Lipinski definition) is 1. The second-order valence-electron chi connectivity index (χ2n) is 4.21. The van der Waals surface area contributed by atoms with Gasteiger partial charge in [-0.15, -0.1) is 11.3 Å². The zero-order valence-electron chi connectivity index (χ0n) is 9.83. The fourth-order valence-corrected chi connectivity index (χ4v) is 2.50. The summed E-state index contributed by atoms with van der Waals surface area (Å²) in [7, 11) is 0. The lowest BCUT2D eigenvalue weighted by molar-refractivity contribution is 0.164. The maximum Gasteiger partial charge on any atom is 0.0798 e. The van der Waals surface area contributed by atoms with Crippen LogP contribution in [0.4, 0.5) is 0 Å².